The number of halogens is 1. The van der Waals surface area contributed by atoms with Gasteiger partial charge in [0.25, 0.3) is 0 Å². The fraction of sp³-hybridized carbons (Fsp3) is 0.714. The molecule has 0 saturated heterocycles. The van der Waals surface area contributed by atoms with E-state index >= 15 is 0 Å². The molecule has 0 saturated carbocycles. The first kappa shape index (κ1) is 15.2. The molecule has 0 N–H and O–H groups in total. The lowest BCUT2D eigenvalue weighted by Crippen LogP contribution is -2.14. The Balaban J connectivity index is 2.49. The summed E-state index contributed by atoms with van der Waals surface area (Å²) in [5, 5.41) is 8.37. The lowest BCUT2D eigenvalue weighted by molar-refractivity contribution is 0.194. The SMILES string of the molecule is CCCCCCC(C)Oc1nnc(Cl)c(C)c1C. The van der Waals surface area contributed by atoms with Gasteiger partial charge < -0.3 is 4.74 Å². The Morgan fingerprint density at radius 3 is 2.50 bits per heavy atom. The standard InChI is InChI=1S/C14H23ClN2O/c1-5-6-7-8-9-10(2)18-14-12(4)11(3)13(15)16-17-14/h10H,5-9H2,1-4H3. The average molecular weight is 271 g/mol. The zero-order valence-electron chi connectivity index (χ0n) is 11.8. The molecule has 4 heteroatoms. The van der Waals surface area contributed by atoms with Crippen molar-refractivity contribution in [1.29, 1.82) is 0 Å². The predicted octanol–water partition coefficient (Wildman–Crippen LogP) is 4.48. The molecule has 0 fully saturated rings. The zero-order valence-corrected chi connectivity index (χ0v) is 12.5. The largest absolute Gasteiger partial charge is 0.473 e. The maximum Gasteiger partial charge on any atom is 0.236 e. The summed E-state index contributed by atoms with van der Waals surface area (Å²) in [6, 6.07) is 0. The quantitative estimate of drug-likeness (QED) is 0.685. The van der Waals surface area contributed by atoms with Crippen LogP contribution in [0.5, 0.6) is 5.88 Å². The minimum absolute atomic E-state index is 0.176. The molecule has 3 nitrogen and oxygen atoms in total. The summed E-state index contributed by atoms with van der Waals surface area (Å²) in [5.74, 6) is 0.611. The minimum Gasteiger partial charge on any atom is -0.473 e. The number of ether oxygens (including phenoxy) is 1. The van der Waals surface area contributed by atoms with Gasteiger partial charge in [-0.15, -0.1) is 10.2 Å². The second kappa shape index (κ2) is 7.57. The van der Waals surface area contributed by atoms with Crippen molar-refractivity contribution in [3.8, 4) is 5.88 Å². The number of unbranched alkanes of at least 4 members (excludes halogenated alkanes) is 3. The number of nitrogens with zero attached hydrogens (tertiary/aromatic N) is 2. The Labute approximate surface area is 115 Å². The van der Waals surface area contributed by atoms with Gasteiger partial charge >= 0.3 is 0 Å². The van der Waals surface area contributed by atoms with E-state index in [-0.39, 0.29) is 6.10 Å². The molecule has 0 aromatic carbocycles. The van der Waals surface area contributed by atoms with Crippen molar-refractivity contribution < 1.29 is 4.74 Å². The van der Waals surface area contributed by atoms with Crippen LogP contribution in [0.4, 0.5) is 0 Å². The topological polar surface area (TPSA) is 35.0 Å². The lowest BCUT2D eigenvalue weighted by Gasteiger charge is -2.15. The van der Waals surface area contributed by atoms with Crippen molar-refractivity contribution in [2.45, 2.75) is 65.9 Å². The van der Waals surface area contributed by atoms with Gasteiger partial charge in [0.2, 0.25) is 5.88 Å². The maximum atomic E-state index is 5.91. The normalized spacial score (nSPS) is 12.5. The Bertz CT molecular complexity index is 382. The van der Waals surface area contributed by atoms with Crippen LogP contribution >= 0.6 is 11.6 Å². The number of aromatic nitrogens is 2. The first-order valence-corrected chi connectivity index (χ1v) is 7.10. The van der Waals surface area contributed by atoms with Crippen LogP contribution in [0.3, 0.4) is 0 Å². The minimum atomic E-state index is 0.176. The fourth-order valence-corrected chi connectivity index (χ4v) is 1.95. The molecule has 0 radical (unpaired) electrons. The molecule has 0 spiro atoms. The van der Waals surface area contributed by atoms with Gasteiger partial charge in [-0.2, -0.15) is 0 Å². The molecule has 0 aliphatic carbocycles. The molecule has 1 aromatic heterocycles. The van der Waals surface area contributed by atoms with Gasteiger partial charge in [-0.05, 0) is 39.2 Å². The van der Waals surface area contributed by atoms with Crippen molar-refractivity contribution in [2.75, 3.05) is 0 Å². The molecule has 0 amide bonds. The smallest absolute Gasteiger partial charge is 0.236 e. The first-order chi connectivity index (χ1) is 8.56. The first-order valence-electron chi connectivity index (χ1n) is 6.72. The highest BCUT2D eigenvalue weighted by molar-refractivity contribution is 6.30. The van der Waals surface area contributed by atoms with E-state index in [1.54, 1.807) is 0 Å². The van der Waals surface area contributed by atoms with Crippen LogP contribution < -0.4 is 4.74 Å². The Morgan fingerprint density at radius 2 is 1.83 bits per heavy atom. The summed E-state index contributed by atoms with van der Waals surface area (Å²) in [6.07, 6.45) is 6.27. The Hall–Kier alpha value is -0.830. The van der Waals surface area contributed by atoms with E-state index in [9.17, 15) is 0 Å². The molecule has 0 aliphatic rings. The van der Waals surface area contributed by atoms with E-state index in [0.717, 1.165) is 17.5 Å². The van der Waals surface area contributed by atoms with E-state index in [1.807, 2.05) is 13.8 Å². The van der Waals surface area contributed by atoms with Crippen molar-refractivity contribution in [3.05, 3.63) is 16.3 Å². The Morgan fingerprint density at radius 1 is 1.11 bits per heavy atom. The summed E-state index contributed by atoms with van der Waals surface area (Å²) in [7, 11) is 0. The van der Waals surface area contributed by atoms with Crippen LogP contribution in [0.2, 0.25) is 5.15 Å². The molecule has 1 unspecified atom stereocenters. The van der Waals surface area contributed by atoms with Gasteiger partial charge in [0.15, 0.2) is 5.15 Å². The van der Waals surface area contributed by atoms with Crippen LogP contribution in [0.25, 0.3) is 0 Å². The third kappa shape index (κ3) is 4.45. The molecule has 0 bridgehead atoms. The molecule has 1 atom stereocenters. The van der Waals surface area contributed by atoms with Crippen molar-refractivity contribution in [1.82, 2.24) is 10.2 Å². The van der Waals surface area contributed by atoms with E-state index < -0.39 is 0 Å². The monoisotopic (exact) mass is 270 g/mol. The van der Waals surface area contributed by atoms with E-state index in [0.29, 0.717) is 11.0 Å². The highest BCUT2D eigenvalue weighted by Gasteiger charge is 2.12. The summed E-state index contributed by atoms with van der Waals surface area (Å²) in [5.41, 5.74) is 1.93. The van der Waals surface area contributed by atoms with Crippen LogP contribution in [0, 0.1) is 13.8 Å². The van der Waals surface area contributed by atoms with Crippen LogP contribution in [-0.2, 0) is 0 Å². The van der Waals surface area contributed by atoms with Gasteiger partial charge in [0.05, 0.1) is 6.10 Å². The third-order valence-corrected chi connectivity index (χ3v) is 3.56. The molecule has 1 heterocycles. The number of hydrogen-bond donors (Lipinski definition) is 0. The van der Waals surface area contributed by atoms with E-state index in [1.165, 1.54) is 25.7 Å². The summed E-state index contributed by atoms with van der Waals surface area (Å²) < 4.78 is 5.83. The molecule has 1 rings (SSSR count). The van der Waals surface area contributed by atoms with Gasteiger partial charge in [-0.3, -0.25) is 0 Å². The van der Waals surface area contributed by atoms with Crippen LogP contribution in [-0.4, -0.2) is 16.3 Å². The predicted molar refractivity (Wildman–Crippen MR) is 75.4 cm³/mol. The number of hydrogen-bond acceptors (Lipinski definition) is 3. The molecular weight excluding hydrogens is 248 g/mol. The summed E-state index contributed by atoms with van der Waals surface area (Å²) >= 11 is 5.91. The summed E-state index contributed by atoms with van der Waals surface area (Å²) in [6.45, 7) is 8.20. The second-order valence-electron chi connectivity index (χ2n) is 4.82. The van der Waals surface area contributed by atoms with Gasteiger partial charge in [0, 0.05) is 5.56 Å². The van der Waals surface area contributed by atoms with Gasteiger partial charge in [-0.1, -0.05) is 37.8 Å². The second-order valence-corrected chi connectivity index (χ2v) is 5.18. The van der Waals surface area contributed by atoms with E-state index in [4.69, 9.17) is 16.3 Å². The highest BCUT2D eigenvalue weighted by atomic mass is 35.5. The van der Waals surface area contributed by atoms with Crippen molar-refractivity contribution >= 4 is 11.6 Å². The van der Waals surface area contributed by atoms with Gasteiger partial charge in [0.1, 0.15) is 0 Å². The van der Waals surface area contributed by atoms with E-state index in [2.05, 4.69) is 24.0 Å². The maximum absolute atomic E-state index is 5.91. The molecule has 1 aromatic rings. The van der Waals surface area contributed by atoms with Crippen molar-refractivity contribution in [2.24, 2.45) is 0 Å². The average Bonchev–Trinajstić information content (AvgIpc) is 2.35. The fourth-order valence-electron chi connectivity index (χ4n) is 1.77. The van der Waals surface area contributed by atoms with Crippen molar-refractivity contribution in [3.63, 3.8) is 0 Å². The molecule has 102 valence electrons. The highest BCUT2D eigenvalue weighted by Crippen LogP contribution is 2.23. The van der Waals surface area contributed by atoms with Crippen LogP contribution in [0.15, 0.2) is 0 Å². The lowest BCUT2D eigenvalue weighted by atomic mass is 10.1. The number of rotatable bonds is 7. The molecular formula is C14H23ClN2O. The van der Waals surface area contributed by atoms with Crippen LogP contribution in [0.1, 0.15) is 57.1 Å². The summed E-state index contributed by atoms with van der Waals surface area (Å²) in [4.78, 5) is 0. The Kier molecular flexibility index (Phi) is 6.41. The zero-order chi connectivity index (χ0) is 13.5. The van der Waals surface area contributed by atoms with Gasteiger partial charge in [-0.25, -0.2) is 0 Å². The molecule has 0 aliphatic heterocycles. The molecule has 18 heavy (non-hydrogen) atoms. The third-order valence-electron chi connectivity index (χ3n) is 3.20.